The average Bonchev–Trinajstić information content (AvgIpc) is 2.77. The fourth-order valence-corrected chi connectivity index (χ4v) is 2.05. The molecule has 1 aliphatic heterocycles. The van der Waals surface area contributed by atoms with E-state index in [1.807, 2.05) is 6.07 Å². The maximum Gasteiger partial charge on any atom is 0.319 e. The number of anilines is 1. The Bertz CT molecular complexity index is 565. The molecule has 6 heteroatoms. The second kappa shape index (κ2) is 6.06. The first-order chi connectivity index (χ1) is 9.61. The highest BCUT2D eigenvalue weighted by atomic mass is 16.2. The lowest BCUT2D eigenvalue weighted by molar-refractivity contribution is -0.116. The van der Waals surface area contributed by atoms with Crippen LogP contribution in [0.3, 0.4) is 0 Å². The summed E-state index contributed by atoms with van der Waals surface area (Å²) in [6, 6.07) is 8.81. The van der Waals surface area contributed by atoms with Gasteiger partial charge in [-0.2, -0.15) is 5.26 Å². The molecule has 0 unspecified atom stereocenters. The molecule has 6 nitrogen and oxygen atoms in total. The standard InChI is InChI=1S/C14H16N4O2/c1-17-8-9-18(14(17)20)7-6-13(19)16-12-5-3-2-4-11(12)10-15/h2-5H,6-9H2,1H3,(H,16,19). The summed E-state index contributed by atoms with van der Waals surface area (Å²) in [5.41, 5.74) is 0.933. The number of likely N-dealkylation sites (N-methyl/N-ethyl adjacent to an activating group) is 1. The molecule has 1 aliphatic rings. The Kier molecular flexibility index (Phi) is 4.20. The van der Waals surface area contributed by atoms with Crippen molar-refractivity contribution in [2.75, 3.05) is 32.0 Å². The van der Waals surface area contributed by atoms with Crippen LogP contribution in [0, 0.1) is 11.3 Å². The maximum atomic E-state index is 11.9. The average molecular weight is 272 g/mol. The minimum Gasteiger partial charge on any atom is -0.326 e. The Balaban J connectivity index is 1.87. The van der Waals surface area contributed by atoms with Crippen molar-refractivity contribution < 1.29 is 9.59 Å². The molecule has 0 radical (unpaired) electrons. The van der Waals surface area contributed by atoms with Crippen LogP contribution in [0.4, 0.5) is 10.5 Å². The van der Waals surface area contributed by atoms with E-state index < -0.39 is 0 Å². The highest BCUT2D eigenvalue weighted by molar-refractivity contribution is 5.92. The van der Waals surface area contributed by atoms with E-state index in [0.717, 1.165) is 0 Å². The lowest BCUT2D eigenvalue weighted by atomic mass is 10.2. The van der Waals surface area contributed by atoms with Gasteiger partial charge in [-0.3, -0.25) is 4.79 Å². The Morgan fingerprint density at radius 1 is 1.40 bits per heavy atom. The van der Waals surface area contributed by atoms with Crippen molar-refractivity contribution in [1.82, 2.24) is 9.80 Å². The van der Waals surface area contributed by atoms with Crippen molar-refractivity contribution in [3.63, 3.8) is 0 Å². The molecule has 0 aliphatic carbocycles. The van der Waals surface area contributed by atoms with E-state index in [9.17, 15) is 9.59 Å². The van der Waals surface area contributed by atoms with Gasteiger partial charge in [0.25, 0.3) is 0 Å². The first kappa shape index (κ1) is 13.9. The number of nitriles is 1. The molecular weight excluding hydrogens is 256 g/mol. The molecule has 1 fully saturated rings. The zero-order valence-electron chi connectivity index (χ0n) is 11.3. The van der Waals surface area contributed by atoms with Crippen molar-refractivity contribution >= 4 is 17.6 Å². The zero-order valence-corrected chi connectivity index (χ0v) is 11.3. The van der Waals surface area contributed by atoms with Crippen LogP contribution in [-0.4, -0.2) is 48.4 Å². The molecule has 1 saturated heterocycles. The van der Waals surface area contributed by atoms with E-state index >= 15 is 0 Å². The maximum absolute atomic E-state index is 11.9. The molecule has 104 valence electrons. The number of benzene rings is 1. The largest absolute Gasteiger partial charge is 0.326 e. The zero-order chi connectivity index (χ0) is 14.5. The van der Waals surface area contributed by atoms with Gasteiger partial charge in [0.2, 0.25) is 5.91 Å². The normalized spacial score (nSPS) is 14.3. The molecule has 2 rings (SSSR count). The van der Waals surface area contributed by atoms with E-state index in [4.69, 9.17) is 5.26 Å². The summed E-state index contributed by atoms with van der Waals surface area (Å²) >= 11 is 0. The van der Waals surface area contributed by atoms with Crippen LogP contribution in [0.5, 0.6) is 0 Å². The quantitative estimate of drug-likeness (QED) is 0.896. The molecule has 1 aromatic rings. The molecule has 0 saturated carbocycles. The molecular formula is C14H16N4O2. The third kappa shape index (κ3) is 3.06. The van der Waals surface area contributed by atoms with E-state index in [-0.39, 0.29) is 18.4 Å². The number of carbonyl (C=O) groups excluding carboxylic acids is 2. The summed E-state index contributed by atoms with van der Waals surface area (Å²) < 4.78 is 0. The van der Waals surface area contributed by atoms with Crippen LogP contribution < -0.4 is 5.32 Å². The van der Waals surface area contributed by atoms with Crippen LogP contribution in [-0.2, 0) is 4.79 Å². The monoisotopic (exact) mass is 272 g/mol. The first-order valence-corrected chi connectivity index (χ1v) is 6.41. The lowest BCUT2D eigenvalue weighted by Crippen LogP contribution is -2.32. The summed E-state index contributed by atoms with van der Waals surface area (Å²) in [4.78, 5) is 26.8. The molecule has 0 atom stereocenters. The number of nitrogens with one attached hydrogen (secondary N) is 1. The highest BCUT2D eigenvalue weighted by Crippen LogP contribution is 2.14. The van der Waals surface area contributed by atoms with Gasteiger partial charge in [0.05, 0.1) is 11.3 Å². The van der Waals surface area contributed by atoms with Gasteiger partial charge in [-0.1, -0.05) is 12.1 Å². The third-order valence-corrected chi connectivity index (χ3v) is 3.23. The third-order valence-electron chi connectivity index (χ3n) is 3.23. The highest BCUT2D eigenvalue weighted by Gasteiger charge is 2.25. The second-order valence-electron chi connectivity index (χ2n) is 4.65. The number of carbonyl (C=O) groups is 2. The minimum absolute atomic E-state index is 0.0461. The summed E-state index contributed by atoms with van der Waals surface area (Å²) in [5.74, 6) is -0.199. The Hall–Kier alpha value is -2.55. The van der Waals surface area contributed by atoms with Gasteiger partial charge in [-0.25, -0.2) is 4.79 Å². The van der Waals surface area contributed by atoms with Crippen LogP contribution in [0.25, 0.3) is 0 Å². The molecule has 0 bridgehead atoms. The number of rotatable bonds is 4. The lowest BCUT2D eigenvalue weighted by Gasteiger charge is -2.15. The SMILES string of the molecule is CN1CCN(CCC(=O)Nc2ccccc2C#N)C1=O. The predicted octanol–water partition coefficient (Wildman–Crippen LogP) is 1.25. The van der Waals surface area contributed by atoms with Crippen LogP contribution >= 0.6 is 0 Å². The fourth-order valence-electron chi connectivity index (χ4n) is 2.05. The van der Waals surface area contributed by atoms with Crippen molar-refractivity contribution in [3.05, 3.63) is 29.8 Å². The number of hydrogen-bond donors (Lipinski definition) is 1. The van der Waals surface area contributed by atoms with Crippen molar-refractivity contribution in [2.24, 2.45) is 0 Å². The van der Waals surface area contributed by atoms with Gasteiger partial charge >= 0.3 is 6.03 Å². The molecule has 1 heterocycles. The summed E-state index contributed by atoms with van der Waals surface area (Å²) in [5, 5.41) is 11.6. The summed E-state index contributed by atoms with van der Waals surface area (Å²) in [7, 11) is 1.74. The predicted molar refractivity (Wildman–Crippen MR) is 74.0 cm³/mol. The van der Waals surface area contributed by atoms with Crippen molar-refractivity contribution in [3.8, 4) is 6.07 Å². The number of hydrogen-bond acceptors (Lipinski definition) is 3. The number of nitrogens with zero attached hydrogens (tertiary/aromatic N) is 3. The van der Waals surface area contributed by atoms with Gasteiger partial charge in [0.1, 0.15) is 6.07 Å². The minimum atomic E-state index is -0.199. The van der Waals surface area contributed by atoms with Gasteiger partial charge in [0, 0.05) is 33.1 Å². The van der Waals surface area contributed by atoms with Gasteiger partial charge in [-0.15, -0.1) is 0 Å². The smallest absolute Gasteiger partial charge is 0.319 e. The number of para-hydroxylation sites is 1. The van der Waals surface area contributed by atoms with Crippen LogP contribution in [0.15, 0.2) is 24.3 Å². The van der Waals surface area contributed by atoms with Crippen LogP contribution in [0.1, 0.15) is 12.0 Å². The second-order valence-corrected chi connectivity index (χ2v) is 4.65. The van der Waals surface area contributed by atoms with Gasteiger partial charge in [-0.05, 0) is 12.1 Å². The van der Waals surface area contributed by atoms with Crippen molar-refractivity contribution in [1.29, 1.82) is 5.26 Å². The van der Waals surface area contributed by atoms with Crippen LogP contribution in [0.2, 0.25) is 0 Å². The fraction of sp³-hybridized carbons (Fsp3) is 0.357. The molecule has 1 aromatic carbocycles. The first-order valence-electron chi connectivity index (χ1n) is 6.41. The van der Waals surface area contributed by atoms with E-state index in [2.05, 4.69) is 5.32 Å². The number of urea groups is 1. The van der Waals surface area contributed by atoms with E-state index in [0.29, 0.717) is 30.9 Å². The van der Waals surface area contributed by atoms with E-state index in [1.54, 1.807) is 41.1 Å². The Morgan fingerprint density at radius 2 is 2.15 bits per heavy atom. The molecule has 3 amide bonds. The van der Waals surface area contributed by atoms with Crippen molar-refractivity contribution in [2.45, 2.75) is 6.42 Å². The number of amides is 3. The van der Waals surface area contributed by atoms with Gasteiger partial charge in [0.15, 0.2) is 0 Å². The Morgan fingerprint density at radius 3 is 2.80 bits per heavy atom. The molecule has 0 spiro atoms. The topological polar surface area (TPSA) is 76.4 Å². The summed E-state index contributed by atoms with van der Waals surface area (Å²) in [6.45, 7) is 1.73. The molecule has 1 N–H and O–H groups in total. The molecule has 20 heavy (non-hydrogen) atoms. The summed E-state index contributed by atoms with van der Waals surface area (Å²) in [6.07, 6.45) is 0.222. The molecule has 0 aromatic heterocycles. The van der Waals surface area contributed by atoms with E-state index in [1.165, 1.54) is 0 Å². The van der Waals surface area contributed by atoms with Gasteiger partial charge < -0.3 is 15.1 Å². The Labute approximate surface area is 117 Å².